The van der Waals surface area contributed by atoms with E-state index in [9.17, 15) is 14.0 Å². The molecule has 7 heteroatoms. The molecule has 0 saturated carbocycles. The van der Waals surface area contributed by atoms with Crippen molar-refractivity contribution in [3.8, 4) is 0 Å². The van der Waals surface area contributed by atoms with Gasteiger partial charge in [-0.3, -0.25) is 4.79 Å². The van der Waals surface area contributed by atoms with Crippen molar-refractivity contribution in [2.24, 2.45) is 0 Å². The van der Waals surface area contributed by atoms with Crippen LogP contribution in [-0.4, -0.2) is 26.0 Å². The zero-order valence-electron chi connectivity index (χ0n) is 17.7. The highest BCUT2D eigenvalue weighted by Gasteiger charge is 2.15. The van der Waals surface area contributed by atoms with E-state index in [1.54, 1.807) is 30.3 Å². The fourth-order valence-electron chi connectivity index (χ4n) is 3.00. The second kappa shape index (κ2) is 9.75. The number of anilines is 3. The number of hydrogen-bond donors (Lipinski definition) is 3. The Balaban J connectivity index is 1.71. The molecule has 6 nitrogen and oxygen atoms in total. The van der Waals surface area contributed by atoms with Gasteiger partial charge in [0.15, 0.2) is 0 Å². The second-order valence-electron chi connectivity index (χ2n) is 7.38. The van der Waals surface area contributed by atoms with E-state index >= 15 is 0 Å². The molecule has 3 rings (SSSR count). The Bertz CT molecular complexity index is 1060. The minimum Gasteiger partial charge on any atom is -0.377 e. The molecule has 0 aromatic heterocycles. The van der Waals surface area contributed by atoms with Gasteiger partial charge < -0.3 is 20.9 Å². The smallest absolute Gasteiger partial charge is 0.323 e. The SMILES string of the molecule is Cc1ccc(NC(=O)Nc2ccc(N(C)C)c(C(=O)NCc3ccc(F)cc3)c2)cc1. The first-order valence-electron chi connectivity index (χ1n) is 9.80. The third-order valence-corrected chi connectivity index (χ3v) is 4.66. The number of halogens is 1. The lowest BCUT2D eigenvalue weighted by Crippen LogP contribution is -2.26. The molecular weight excluding hydrogens is 395 g/mol. The predicted octanol–water partition coefficient (Wildman–Crippen LogP) is 4.77. The first-order valence-corrected chi connectivity index (χ1v) is 9.80. The fourth-order valence-corrected chi connectivity index (χ4v) is 3.00. The summed E-state index contributed by atoms with van der Waals surface area (Å²) in [5.41, 5.74) is 4.17. The third-order valence-electron chi connectivity index (χ3n) is 4.66. The summed E-state index contributed by atoms with van der Waals surface area (Å²) in [6.07, 6.45) is 0. The number of aryl methyl sites for hydroxylation is 1. The normalized spacial score (nSPS) is 10.3. The second-order valence-corrected chi connectivity index (χ2v) is 7.38. The maximum absolute atomic E-state index is 13.1. The van der Waals surface area contributed by atoms with Crippen LogP contribution in [-0.2, 0) is 6.54 Å². The summed E-state index contributed by atoms with van der Waals surface area (Å²) in [4.78, 5) is 27.0. The quantitative estimate of drug-likeness (QED) is 0.538. The van der Waals surface area contributed by atoms with Crippen molar-refractivity contribution in [3.05, 3.63) is 89.2 Å². The average molecular weight is 420 g/mol. The van der Waals surface area contributed by atoms with Gasteiger partial charge in [0.05, 0.1) is 5.56 Å². The summed E-state index contributed by atoms with van der Waals surface area (Å²) in [6, 6.07) is 18.1. The molecule has 0 aliphatic carbocycles. The van der Waals surface area contributed by atoms with E-state index in [-0.39, 0.29) is 18.3 Å². The number of carbonyl (C=O) groups is 2. The van der Waals surface area contributed by atoms with Crippen LogP contribution in [0.2, 0.25) is 0 Å². The highest BCUT2D eigenvalue weighted by Crippen LogP contribution is 2.23. The molecule has 0 unspecified atom stereocenters. The molecule has 0 aliphatic rings. The number of urea groups is 1. The summed E-state index contributed by atoms with van der Waals surface area (Å²) in [7, 11) is 3.67. The van der Waals surface area contributed by atoms with Crippen molar-refractivity contribution >= 4 is 29.0 Å². The molecule has 0 saturated heterocycles. The number of rotatable bonds is 6. The van der Waals surface area contributed by atoms with Crippen molar-refractivity contribution in [2.45, 2.75) is 13.5 Å². The zero-order valence-corrected chi connectivity index (χ0v) is 17.7. The maximum atomic E-state index is 13.1. The van der Waals surface area contributed by atoms with Gasteiger partial charge in [-0.15, -0.1) is 0 Å². The van der Waals surface area contributed by atoms with Gasteiger partial charge in [-0.1, -0.05) is 29.8 Å². The Labute approximate surface area is 181 Å². The van der Waals surface area contributed by atoms with Crippen LogP contribution in [0.15, 0.2) is 66.7 Å². The topological polar surface area (TPSA) is 73.5 Å². The number of nitrogens with one attached hydrogen (secondary N) is 3. The summed E-state index contributed by atoms with van der Waals surface area (Å²) in [5, 5.41) is 8.36. The molecule has 3 aromatic rings. The van der Waals surface area contributed by atoms with Crippen LogP contribution in [0.4, 0.5) is 26.2 Å². The molecular formula is C24H25FN4O2. The van der Waals surface area contributed by atoms with Crippen LogP contribution in [0.3, 0.4) is 0 Å². The summed E-state index contributed by atoms with van der Waals surface area (Å²) in [6.45, 7) is 2.23. The van der Waals surface area contributed by atoms with Gasteiger partial charge in [0.2, 0.25) is 0 Å². The van der Waals surface area contributed by atoms with Gasteiger partial charge in [0.25, 0.3) is 5.91 Å². The number of carbonyl (C=O) groups excluding carboxylic acids is 2. The molecule has 3 N–H and O–H groups in total. The van der Waals surface area contributed by atoms with Gasteiger partial charge >= 0.3 is 6.03 Å². The molecule has 0 aliphatic heterocycles. The van der Waals surface area contributed by atoms with Crippen molar-refractivity contribution in [3.63, 3.8) is 0 Å². The van der Waals surface area contributed by atoms with Crippen molar-refractivity contribution in [1.82, 2.24) is 5.32 Å². The van der Waals surface area contributed by atoms with E-state index in [4.69, 9.17) is 0 Å². The van der Waals surface area contributed by atoms with Crippen LogP contribution in [0.5, 0.6) is 0 Å². The van der Waals surface area contributed by atoms with Gasteiger partial charge in [-0.2, -0.15) is 0 Å². The average Bonchev–Trinajstić information content (AvgIpc) is 2.74. The van der Waals surface area contributed by atoms with Gasteiger partial charge in [0.1, 0.15) is 5.82 Å². The summed E-state index contributed by atoms with van der Waals surface area (Å²) < 4.78 is 13.1. The zero-order chi connectivity index (χ0) is 22.4. The Morgan fingerprint density at radius 2 is 1.48 bits per heavy atom. The first kappa shape index (κ1) is 21.8. The first-order chi connectivity index (χ1) is 14.8. The Kier molecular flexibility index (Phi) is 6.87. The van der Waals surface area contributed by atoms with Crippen LogP contribution < -0.4 is 20.9 Å². The Hall–Kier alpha value is -3.87. The molecule has 0 bridgehead atoms. The van der Waals surface area contributed by atoms with Crippen LogP contribution in [0.25, 0.3) is 0 Å². The summed E-state index contributed by atoms with van der Waals surface area (Å²) in [5.74, 6) is -0.622. The molecule has 0 radical (unpaired) electrons. The number of nitrogens with zero attached hydrogens (tertiary/aromatic N) is 1. The largest absolute Gasteiger partial charge is 0.377 e. The van der Waals surface area contributed by atoms with Gasteiger partial charge in [-0.05, 0) is 55.0 Å². The van der Waals surface area contributed by atoms with Crippen molar-refractivity contribution in [1.29, 1.82) is 0 Å². The summed E-state index contributed by atoms with van der Waals surface area (Å²) >= 11 is 0. The maximum Gasteiger partial charge on any atom is 0.323 e. The van der Waals surface area contributed by atoms with Crippen LogP contribution >= 0.6 is 0 Å². The molecule has 0 heterocycles. The Morgan fingerprint density at radius 3 is 2.13 bits per heavy atom. The van der Waals surface area contributed by atoms with E-state index in [0.29, 0.717) is 22.6 Å². The minimum atomic E-state index is -0.404. The highest BCUT2D eigenvalue weighted by molar-refractivity contribution is 6.03. The third kappa shape index (κ3) is 6.05. The number of amides is 3. The van der Waals surface area contributed by atoms with Crippen molar-refractivity contribution < 1.29 is 14.0 Å². The van der Waals surface area contributed by atoms with E-state index in [2.05, 4.69) is 16.0 Å². The fraction of sp³-hybridized carbons (Fsp3) is 0.167. The number of hydrogen-bond acceptors (Lipinski definition) is 3. The van der Waals surface area contributed by atoms with Crippen LogP contribution in [0, 0.1) is 12.7 Å². The Morgan fingerprint density at radius 1 is 0.871 bits per heavy atom. The molecule has 0 atom stereocenters. The van der Waals surface area contributed by atoms with Crippen LogP contribution in [0.1, 0.15) is 21.5 Å². The van der Waals surface area contributed by atoms with E-state index < -0.39 is 6.03 Å². The van der Waals surface area contributed by atoms with E-state index in [1.807, 2.05) is 50.2 Å². The van der Waals surface area contributed by atoms with Gasteiger partial charge in [-0.25, -0.2) is 9.18 Å². The number of benzene rings is 3. The molecule has 0 spiro atoms. The predicted molar refractivity (Wildman–Crippen MR) is 122 cm³/mol. The standard InChI is InChI=1S/C24H25FN4O2/c1-16-4-10-19(11-5-16)27-24(31)28-20-12-13-22(29(2)3)21(14-20)23(30)26-15-17-6-8-18(25)9-7-17/h4-14H,15H2,1-3H3,(H,26,30)(H2,27,28,31). The molecule has 0 fully saturated rings. The molecule has 3 aromatic carbocycles. The minimum absolute atomic E-state index is 0.261. The monoisotopic (exact) mass is 420 g/mol. The van der Waals surface area contributed by atoms with E-state index in [1.165, 1.54) is 12.1 Å². The highest BCUT2D eigenvalue weighted by atomic mass is 19.1. The molecule has 160 valence electrons. The molecule has 3 amide bonds. The molecule has 31 heavy (non-hydrogen) atoms. The lowest BCUT2D eigenvalue weighted by molar-refractivity contribution is 0.0951. The lowest BCUT2D eigenvalue weighted by Gasteiger charge is -2.19. The van der Waals surface area contributed by atoms with E-state index in [0.717, 1.165) is 11.1 Å². The van der Waals surface area contributed by atoms with Gasteiger partial charge in [0, 0.05) is 37.7 Å². The lowest BCUT2D eigenvalue weighted by atomic mass is 10.1. The van der Waals surface area contributed by atoms with Crippen molar-refractivity contribution in [2.75, 3.05) is 29.6 Å².